The highest BCUT2D eigenvalue weighted by Gasteiger charge is 2.47. The van der Waals surface area contributed by atoms with Crippen LogP contribution in [-0.2, 0) is 16.0 Å². The lowest BCUT2D eigenvalue weighted by atomic mass is 10.1. The molecule has 2 aromatic rings. The van der Waals surface area contributed by atoms with Crippen LogP contribution in [0.4, 0.5) is 0 Å². The molecule has 0 aromatic heterocycles. The molecular formula is C22H22N2O4. The molecule has 4 rings (SSSR count). The Morgan fingerprint density at radius 2 is 1.89 bits per heavy atom. The van der Waals surface area contributed by atoms with Gasteiger partial charge < -0.3 is 15.3 Å². The van der Waals surface area contributed by atoms with Crippen LogP contribution in [0, 0.1) is 0 Å². The fourth-order valence-corrected chi connectivity index (χ4v) is 4.01. The molecule has 2 aliphatic rings. The predicted octanol–water partition coefficient (Wildman–Crippen LogP) is 2.20. The normalized spacial score (nSPS) is 23.5. The first-order valence-electron chi connectivity index (χ1n) is 9.47. The highest BCUT2D eigenvalue weighted by Crippen LogP contribution is 2.45. The number of likely N-dealkylation sites (tertiary alicyclic amines) is 1. The number of carboxylic acid groups (broad SMARTS) is 1. The standard InChI is InChI=1S/C22H22N2O4/c25-20(10-14-5-4-8-16(9-14)22(27)28)23-17-11-21(26)24(13-17)19-12-18(19)15-6-2-1-3-7-15/h1-9,17-19H,10-13H2,(H,23,25)(H,27,28). The molecule has 144 valence electrons. The fraction of sp³-hybridized carbons (Fsp3) is 0.318. The quantitative estimate of drug-likeness (QED) is 0.807. The SMILES string of the molecule is O=C(Cc1cccc(C(=O)O)c1)NC1CC(=O)N(C2CC2c2ccccc2)C1. The minimum absolute atomic E-state index is 0.0848. The van der Waals surface area contributed by atoms with Crippen molar-refractivity contribution in [3.8, 4) is 0 Å². The number of benzene rings is 2. The van der Waals surface area contributed by atoms with Crippen LogP contribution >= 0.6 is 0 Å². The lowest BCUT2D eigenvalue weighted by Gasteiger charge is -2.17. The number of aromatic carboxylic acids is 1. The summed E-state index contributed by atoms with van der Waals surface area (Å²) in [5.74, 6) is -0.741. The molecule has 0 bridgehead atoms. The Hall–Kier alpha value is -3.15. The van der Waals surface area contributed by atoms with Gasteiger partial charge in [0.25, 0.3) is 0 Å². The highest BCUT2D eigenvalue weighted by molar-refractivity contribution is 5.88. The van der Waals surface area contributed by atoms with E-state index in [1.165, 1.54) is 17.7 Å². The van der Waals surface area contributed by atoms with Gasteiger partial charge in [0.15, 0.2) is 0 Å². The summed E-state index contributed by atoms with van der Waals surface area (Å²) in [6.07, 6.45) is 1.39. The van der Waals surface area contributed by atoms with E-state index in [0.717, 1.165) is 6.42 Å². The maximum absolute atomic E-state index is 12.4. The van der Waals surface area contributed by atoms with Crippen LogP contribution in [0.2, 0.25) is 0 Å². The number of carbonyl (C=O) groups excluding carboxylic acids is 2. The van der Waals surface area contributed by atoms with Crippen molar-refractivity contribution in [1.29, 1.82) is 0 Å². The summed E-state index contributed by atoms with van der Waals surface area (Å²) in [4.78, 5) is 37.7. The van der Waals surface area contributed by atoms with Crippen LogP contribution in [0.25, 0.3) is 0 Å². The van der Waals surface area contributed by atoms with E-state index in [-0.39, 0.29) is 35.9 Å². The van der Waals surface area contributed by atoms with Crippen molar-refractivity contribution in [2.75, 3.05) is 6.54 Å². The van der Waals surface area contributed by atoms with Crippen LogP contribution in [-0.4, -0.2) is 46.4 Å². The molecule has 2 amide bonds. The summed E-state index contributed by atoms with van der Waals surface area (Å²) in [5.41, 5.74) is 2.06. The van der Waals surface area contributed by atoms with Gasteiger partial charge in [-0.1, -0.05) is 42.5 Å². The van der Waals surface area contributed by atoms with Gasteiger partial charge in [-0.05, 0) is 29.7 Å². The molecule has 1 saturated heterocycles. The molecule has 2 N–H and O–H groups in total. The third-order valence-electron chi connectivity index (χ3n) is 5.45. The van der Waals surface area contributed by atoms with Gasteiger partial charge >= 0.3 is 5.97 Å². The number of carboxylic acids is 1. The third-order valence-corrected chi connectivity index (χ3v) is 5.45. The Labute approximate surface area is 163 Å². The van der Waals surface area contributed by atoms with Gasteiger partial charge in [-0.3, -0.25) is 9.59 Å². The molecule has 28 heavy (non-hydrogen) atoms. The fourth-order valence-electron chi connectivity index (χ4n) is 4.01. The first-order valence-corrected chi connectivity index (χ1v) is 9.47. The molecule has 1 heterocycles. The van der Waals surface area contributed by atoms with Crippen molar-refractivity contribution in [2.45, 2.75) is 37.3 Å². The number of nitrogens with one attached hydrogen (secondary N) is 1. The van der Waals surface area contributed by atoms with E-state index in [9.17, 15) is 14.4 Å². The number of hydrogen-bond donors (Lipinski definition) is 2. The van der Waals surface area contributed by atoms with Gasteiger partial charge in [-0.15, -0.1) is 0 Å². The molecule has 2 fully saturated rings. The Kier molecular flexibility index (Phi) is 4.86. The molecule has 3 unspecified atom stereocenters. The zero-order chi connectivity index (χ0) is 19.7. The van der Waals surface area contributed by atoms with Gasteiger partial charge in [0, 0.05) is 24.9 Å². The Morgan fingerprint density at radius 1 is 1.11 bits per heavy atom. The van der Waals surface area contributed by atoms with Crippen LogP contribution in [0.5, 0.6) is 0 Å². The Bertz CT molecular complexity index is 912. The summed E-state index contributed by atoms with van der Waals surface area (Å²) < 4.78 is 0. The third kappa shape index (κ3) is 3.91. The number of rotatable bonds is 6. The van der Waals surface area contributed by atoms with Crippen molar-refractivity contribution in [1.82, 2.24) is 10.2 Å². The van der Waals surface area contributed by atoms with Gasteiger partial charge in [-0.25, -0.2) is 4.79 Å². The first-order chi connectivity index (χ1) is 13.5. The average molecular weight is 378 g/mol. The van der Waals surface area contributed by atoms with Crippen LogP contribution in [0.3, 0.4) is 0 Å². The van der Waals surface area contributed by atoms with Crippen LogP contribution in [0.15, 0.2) is 54.6 Å². The molecule has 0 radical (unpaired) electrons. The predicted molar refractivity (Wildman–Crippen MR) is 103 cm³/mol. The van der Waals surface area contributed by atoms with E-state index < -0.39 is 5.97 Å². The summed E-state index contributed by atoms with van der Waals surface area (Å²) in [6.45, 7) is 0.535. The minimum atomic E-state index is -1.02. The molecule has 1 aliphatic carbocycles. The summed E-state index contributed by atoms with van der Waals surface area (Å²) >= 11 is 0. The second-order valence-corrected chi connectivity index (χ2v) is 7.52. The Morgan fingerprint density at radius 3 is 2.64 bits per heavy atom. The molecule has 6 heteroatoms. The van der Waals surface area contributed by atoms with Gasteiger partial charge in [0.05, 0.1) is 18.0 Å². The summed E-state index contributed by atoms with van der Waals surface area (Å²) in [6, 6.07) is 16.6. The first kappa shape index (κ1) is 18.2. The van der Waals surface area contributed by atoms with Gasteiger partial charge in [0.1, 0.15) is 0 Å². The minimum Gasteiger partial charge on any atom is -0.478 e. The van der Waals surface area contributed by atoms with Crippen molar-refractivity contribution < 1.29 is 19.5 Å². The number of nitrogens with zero attached hydrogens (tertiary/aromatic N) is 1. The van der Waals surface area contributed by atoms with E-state index in [4.69, 9.17) is 5.11 Å². The highest BCUT2D eigenvalue weighted by atomic mass is 16.4. The van der Waals surface area contributed by atoms with Crippen molar-refractivity contribution in [2.24, 2.45) is 0 Å². The monoisotopic (exact) mass is 378 g/mol. The zero-order valence-corrected chi connectivity index (χ0v) is 15.4. The second-order valence-electron chi connectivity index (χ2n) is 7.52. The average Bonchev–Trinajstić information content (AvgIpc) is 3.39. The lowest BCUT2D eigenvalue weighted by molar-refractivity contribution is -0.128. The maximum atomic E-state index is 12.4. The largest absolute Gasteiger partial charge is 0.478 e. The van der Waals surface area contributed by atoms with Gasteiger partial charge in [0.2, 0.25) is 11.8 Å². The molecule has 0 spiro atoms. The number of hydrogen-bond acceptors (Lipinski definition) is 3. The summed E-state index contributed by atoms with van der Waals surface area (Å²) in [5, 5.41) is 12.0. The Balaban J connectivity index is 1.32. The molecule has 1 aliphatic heterocycles. The van der Waals surface area contributed by atoms with E-state index in [2.05, 4.69) is 17.4 Å². The van der Waals surface area contributed by atoms with Gasteiger partial charge in [-0.2, -0.15) is 0 Å². The number of carbonyl (C=O) groups is 3. The van der Waals surface area contributed by atoms with E-state index in [0.29, 0.717) is 24.4 Å². The second kappa shape index (κ2) is 7.46. The lowest BCUT2D eigenvalue weighted by Crippen LogP contribution is -2.38. The van der Waals surface area contributed by atoms with Crippen molar-refractivity contribution in [3.05, 3.63) is 71.3 Å². The van der Waals surface area contributed by atoms with Crippen molar-refractivity contribution in [3.63, 3.8) is 0 Å². The molecule has 2 aromatic carbocycles. The van der Waals surface area contributed by atoms with Crippen LogP contribution in [0.1, 0.15) is 40.2 Å². The molecule has 6 nitrogen and oxygen atoms in total. The van der Waals surface area contributed by atoms with E-state index in [1.807, 2.05) is 23.1 Å². The van der Waals surface area contributed by atoms with Crippen LogP contribution < -0.4 is 5.32 Å². The smallest absolute Gasteiger partial charge is 0.335 e. The van der Waals surface area contributed by atoms with Crippen molar-refractivity contribution >= 4 is 17.8 Å². The summed E-state index contributed by atoms with van der Waals surface area (Å²) in [7, 11) is 0. The molecule has 1 saturated carbocycles. The molecule has 3 atom stereocenters. The topological polar surface area (TPSA) is 86.7 Å². The zero-order valence-electron chi connectivity index (χ0n) is 15.4. The molecular weight excluding hydrogens is 356 g/mol. The number of amides is 2. The van der Waals surface area contributed by atoms with E-state index in [1.54, 1.807) is 12.1 Å². The maximum Gasteiger partial charge on any atom is 0.335 e. The van der Waals surface area contributed by atoms with E-state index >= 15 is 0 Å².